The molecule has 0 radical (unpaired) electrons. The van der Waals surface area contributed by atoms with Crippen LogP contribution in [0.2, 0.25) is 0 Å². The van der Waals surface area contributed by atoms with E-state index in [0.717, 1.165) is 75.2 Å². The highest BCUT2D eigenvalue weighted by Gasteiger charge is 2.50. The van der Waals surface area contributed by atoms with Gasteiger partial charge in [-0.15, -0.1) is 0 Å². The number of esters is 2. The van der Waals surface area contributed by atoms with E-state index in [1.165, 1.54) is 19.4 Å². The molecular formula is C31H44N2O5. The van der Waals surface area contributed by atoms with Crippen LogP contribution >= 0.6 is 0 Å². The third-order valence-corrected chi connectivity index (χ3v) is 8.41. The van der Waals surface area contributed by atoms with Crippen LogP contribution in [0.4, 0.5) is 0 Å². The van der Waals surface area contributed by atoms with Gasteiger partial charge in [0.1, 0.15) is 0 Å². The Bertz CT molecular complexity index is 1180. The van der Waals surface area contributed by atoms with Crippen molar-refractivity contribution in [2.45, 2.75) is 116 Å². The van der Waals surface area contributed by atoms with Gasteiger partial charge in [-0.1, -0.05) is 65.4 Å². The van der Waals surface area contributed by atoms with Crippen molar-refractivity contribution < 1.29 is 19.1 Å². The summed E-state index contributed by atoms with van der Waals surface area (Å²) in [6.45, 7) is 7.80. The highest BCUT2D eigenvalue weighted by molar-refractivity contribution is 5.91. The number of carbonyl (C=O) groups is 2. The van der Waals surface area contributed by atoms with Crippen LogP contribution in [0.3, 0.4) is 0 Å². The number of aromatic amines is 1. The Morgan fingerprint density at radius 1 is 1.00 bits per heavy atom. The van der Waals surface area contributed by atoms with E-state index in [1.54, 1.807) is 12.1 Å². The Balaban J connectivity index is 1.90. The Labute approximate surface area is 226 Å². The summed E-state index contributed by atoms with van der Waals surface area (Å²) in [5.41, 5.74) is 0.121. The van der Waals surface area contributed by atoms with Crippen LogP contribution in [0, 0.1) is 11.8 Å². The van der Waals surface area contributed by atoms with Gasteiger partial charge in [0.2, 0.25) is 5.56 Å². The van der Waals surface area contributed by atoms with Crippen LogP contribution in [0.1, 0.15) is 104 Å². The molecule has 2 saturated carbocycles. The van der Waals surface area contributed by atoms with Crippen molar-refractivity contribution in [2.24, 2.45) is 11.8 Å². The van der Waals surface area contributed by atoms with Crippen molar-refractivity contribution in [3.8, 4) is 5.75 Å². The van der Waals surface area contributed by atoms with Crippen LogP contribution < -0.4 is 15.6 Å². The Kier molecular flexibility index (Phi) is 9.29. The molecule has 2 N–H and O–H groups in total. The van der Waals surface area contributed by atoms with E-state index < -0.39 is 5.60 Å². The SMILES string of the molecule is CCC(NC(C)C)C(OC(C)=O)(c1ccc(OC(=O)C2CCCCC2)c2[nH]c(=O)ccc12)C1CCCCC1. The first-order valence-electron chi connectivity index (χ1n) is 14.6. The first-order valence-corrected chi connectivity index (χ1v) is 14.6. The topological polar surface area (TPSA) is 97.5 Å². The molecule has 0 spiro atoms. The lowest BCUT2D eigenvalue weighted by atomic mass is 9.67. The number of benzene rings is 1. The summed E-state index contributed by atoms with van der Waals surface area (Å²) in [5.74, 6) is -0.222. The summed E-state index contributed by atoms with van der Waals surface area (Å²) >= 11 is 0. The first-order chi connectivity index (χ1) is 18.3. The fourth-order valence-corrected chi connectivity index (χ4v) is 6.80. The molecule has 2 aliphatic rings. The molecule has 2 aromatic rings. The van der Waals surface area contributed by atoms with Crippen molar-refractivity contribution in [3.63, 3.8) is 0 Å². The molecule has 0 saturated heterocycles. The number of ether oxygens (including phenoxy) is 2. The van der Waals surface area contributed by atoms with Gasteiger partial charge in [0, 0.05) is 35.9 Å². The van der Waals surface area contributed by atoms with Crippen molar-refractivity contribution in [2.75, 3.05) is 0 Å². The van der Waals surface area contributed by atoms with Crippen LogP contribution in [-0.4, -0.2) is 29.0 Å². The number of carbonyl (C=O) groups excluding carboxylic acids is 2. The second kappa shape index (κ2) is 12.5. The standard InChI is InChI=1S/C31H44N2O5/c1-5-27(32-20(2)3)31(38-21(4)34,23-14-10-7-11-15-23)25-17-18-26(29-24(25)16-19-28(35)33-29)37-30(36)22-12-8-6-9-13-22/h16-20,22-23,27,32H,5-15H2,1-4H3,(H,33,35). The smallest absolute Gasteiger partial charge is 0.314 e. The lowest BCUT2D eigenvalue weighted by Crippen LogP contribution is -2.57. The van der Waals surface area contributed by atoms with Gasteiger partial charge < -0.3 is 19.8 Å². The van der Waals surface area contributed by atoms with Gasteiger partial charge in [0.25, 0.3) is 0 Å². The molecule has 2 aliphatic carbocycles. The number of aromatic nitrogens is 1. The summed E-state index contributed by atoms with van der Waals surface area (Å²) in [5, 5.41) is 4.45. The quantitative estimate of drug-likeness (QED) is 0.303. The number of pyridine rings is 1. The van der Waals surface area contributed by atoms with Gasteiger partial charge in [0.05, 0.1) is 17.5 Å². The van der Waals surface area contributed by atoms with E-state index in [2.05, 4.69) is 31.1 Å². The van der Waals surface area contributed by atoms with Crippen molar-refractivity contribution in [1.82, 2.24) is 10.3 Å². The predicted molar refractivity (Wildman–Crippen MR) is 149 cm³/mol. The maximum Gasteiger partial charge on any atom is 0.314 e. The van der Waals surface area contributed by atoms with Crippen molar-refractivity contribution in [1.29, 1.82) is 0 Å². The average molecular weight is 525 g/mol. The summed E-state index contributed by atoms with van der Waals surface area (Å²) in [4.78, 5) is 41.3. The Morgan fingerprint density at radius 2 is 1.66 bits per heavy atom. The van der Waals surface area contributed by atoms with Gasteiger partial charge in [-0.25, -0.2) is 0 Å². The maximum atomic E-state index is 13.1. The normalized spacial score (nSPS) is 19.7. The molecule has 1 aromatic carbocycles. The Morgan fingerprint density at radius 3 is 2.26 bits per heavy atom. The van der Waals surface area contributed by atoms with E-state index in [0.29, 0.717) is 11.3 Å². The number of hydrogen-bond donors (Lipinski definition) is 2. The third-order valence-electron chi connectivity index (χ3n) is 8.41. The second-order valence-electron chi connectivity index (χ2n) is 11.5. The van der Waals surface area contributed by atoms with E-state index in [9.17, 15) is 14.4 Å². The van der Waals surface area contributed by atoms with Crippen LogP contribution in [0.25, 0.3) is 10.9 Å². The first kappa shape index (κ1) is 28.3. The minimum atomic E-state index is -0.937. The molecule has 1 aromatic heterocycles. The Hall–Kier alpha value is -2.67. The van der Waals surface area contributed by atoms with E-state index in [4.69, 9.17) is 9.47 Å². The van der Waals surface area contributed by atoms with Crippen molar-refractivity contribution in [3.05, 3.63) is 40.2 Å². The fourth-order valence-electron chi connectivity index (χ4n) is 6.80. The minimum Gasteiger partial charge on any atom is -0.452 e. The molecule has 0 aliphatic heterocycles. The third kappa shape index (κ3) is 5.98. The highest BCUT2D eigenvalue weighted by Crippen LogP contribution is 2.48. The summed E-state index contributed by atoms with van der Waals surface area (Å²) in [6, 6.07) is 7.05. The zero-order valence-corrected chi connectivity index (χ0v) is 23.4. The van der Waals surface area contributed by atoms with Gasteiger partial charge in [-0.2, -0.15) is 0 Å². The van der Waals surface area contributed by atoms with Crippen LogP contribution in [0.15, 0.2) is 29.1 Å². The molecular weight excluding hydrogens is 480 g/mol. The summed E-state index contributed by atoms with van der Waals surface area (Å²) < 4.78 is 12.4. The molecule has 7 nitrogen and oxygen atoms in total. The monoisotopic (exact) mass is 524 g/mol. The molecule has 1 heterocycles. The summed E-state index contributed by atoms with van der Waals surface area (Å²) in [6.07, 6.45) is 10.9. The largest absolute Gasteiger partial charge is 0.452 e. The molecule has 0 bridgehead atoms. The molecule has 2 atom stereocenters. The molecule has 38 heavy (non-hydrogen) atoms. The van der Waals surface area contributed by atoms with Crippen LogP contribution in [-0.2, 0) is 19.9 Å². The molecule has 4 rings (SSSR count). The molecule has 2 unspecified atom stereocenters. The zero-order valence-electron chi connectivity index (χ0n) is 23.4. The van der Waals surface area contributed by atoms with E-state index in [1.807, 2.05) is 6.07 Å². The molecule has 0 amide bonds. The highest BCUT2D eigenvalue weighted by atomic mass is 16.6. The lowest BCUT2D eigenvalue weighted by molar-refractivity contribution is -0.174. The number of hydrogen-bond acceptors (Lipinski definition) is 6. The molecule has 7 heteroatoms. The second-order valence-corrected chi connectivity index (χ2v) is 11.5. The molecule has 208 valence electrons. The maximum absolute atomic E-state index is 13.1. The van der Waals surface area contributed by atoms with Gasteiger partial charge in [-0.05, 0) is 44.2 Å². The van der Waals surface area contributed by atoms with E-state index >= 15 is 0 Å². The van der Waals surface area contributed by atoms with E-state index in [-0.39, 0.29) is 41.4 Å². The number of rotatable bonds is 9. The lowest BCUT2D eigenvalue weighted by Gasteiger charge is -2.48. The zero-order chi connectivity index (χ0) is 27.3. The number of nitrogens with one attached hydrogen (secondary N) is 2. The van der Waals surface area contributed by atoms with Gasteiger partial charge in [-0.3, -0.25) is 14.4 Å². The fraction of sp³-hybridized carbons (Fsp3) is 0.645. The number of H-pyrrole nitrogens is 1. The minimum absolute atomic E-state index is 0.113. The van der Waals surface area contributed by atoms with Gasteiger partial charge >= 0.3 is 11.9 Å². The van der Waals surface area contributed by atoms with Crippen molar-refractivity contribution >= 4 is 22.8 Å². The van der Waals surface area contributed by atoms with Crippen LogP contribution in [0.5, 0.6) is 5.75 Å². The summed E-state index contributed by atoms with van der Waals surface area (Å²) in [7, 11) is 0. The molecule has 2 fully saturated rings. The average Bonchev–Trinajstić information content (AvgIpc) is 2.91. The predicted octanol–water partition coefficient (Wildman–Crippen LogP) is 6.13. The van der Waals surface area contributed by atoms with Gasteiger partial charge in [0.15, 0.2) is 11.4 Å². The number of fused-ring (bicyclic) bond motifs is 1.